The van der Waals surface area contributed by atoms with Crippen molar-refractivity contribution in [3.05, 3.63) is 52.7 Å². The van der Waals surface area contributed by atoms with Crippen LogP contribution in [0.5, 0.6) is 0 Å². The summed E-state index contributed by atoms with van der Waals surface area (Å²) in [4.78, 5) is 29.2. The molecule has 1 N–H and O–H groups in total. The number of fused-ring (bicyclic) bond motifs is 1. The molecule has 0 spiro atoms. The molecule has 8 nitrogen and oxygen atoms in total. The van der Waals surface area contributed by atoms with Gasteiger partial charge in [0, 0.05) is 0 Å². The van der Waals surface area contributed by atoms with Crippen molar-refractivity contribution in [2.75, 3.05) is 0 Å². The molecule has 2 heterocycles. The van der Waals surface area contributed by atoms with Crippen LogP contribution >= 0.6 is 0 Å². The maximum absolute atomic E-state index is 13.0. The molecule has 0 bridgehead atoms. The van der Waals surface area contributed by atoms with Gasteiger partial charge in [0.1, 0.15) is 23.8 Å². The Labute approximate surface area is 174 Å². The summed E-state index contributed by atoms with van der Waals surface area (Å²) in [6, 6.07) is 6.53. The first kappa shape index (κ1) is 22.0. The Hall–Kier alpha value is -3.68. The lowest BCUT2D eigenvalue weighted by molar-refractivity contribution is -0.137. The number of hydrogen-bond donors (Lipinski definition) is 1. The number of hydrogen-bond acceptors (Lipinski definition) is 5. The second-order valence-electron chi connectivity index (χ2n) is 7.54. The second kappa shape index (κ2) is 7.86. The van der Waals surface area contributed by atoms with Crippen molar-refractivity contribution in [3.63, 3.8) is 0 Å². The lowest BCUT2D eigenvalue weighted by atomic mass is 9.90. The minimum atomic E-state index is -4.53. The molecule has 0 aliphatic heterocycles. The lowest BCUT2D eigenvalue weighted by Crippen LogP contribution is -2.50. The van der Waals surface area contributed by atoms with Gasteiger partial charge in [-0.15, -0.1) is 0 Å². The molecule has 0 saturated carbocycles. The molecule has 0 saturated heterocycles. The van der Waals surface area contributed by atoms with Crippen molar-refractivity contribution in [2.45, 2.75) is 39.0 Å². The van der Waals surface area contributed by atoms with Crippen molar-refractivity contribution in [3.8, 4) is 11.8 Å². The predicted octanol–water partition coefficient (Wildman–Crippen LogP) is 2.66. The van der Waals surface area contributed by atoms with E-state index in [0.29, 0.717) is 0 Å². The van der Waals surface area contributed by atoms with Crippen LogP contribution < -0.4 is 10.9 Å². The third-order valence-corrected chi connectivity index (χ3v) is 5.07. The van der Waals surface area contributed by atoms with E-state index in [1.807, 2.05) is 6.07 Å². The molecule has 0 radical (unpaired) electrons. The third kappa shape index (κ3) is 4.28. The molecule has 31 heavy (non-hydrogen) atoms. The van der Waals surface area contributed by atoms with E-state index < -0.39 is 28.7 Å². The van der Waals surface area contributed by atoms with Crippen LogP contribution in [0, 0.1) is 17.2 Å². The highest BCUT2D eigenvalue weighted by molar-refractivity contribution is 5.78. The summed E-state index contributed by atoms with van der Waals surface area (Å²) in [7, 11) is 0. The number of amides is 1. The summed E-state index contributed by atoms with van der Waals surface area (Å²) in [5, 5.41) is 16.0. The third-order valence-electron chi connectivity index (χ3n) is 5.07. The van der Waals surface area contributed by atoms with Gasteiger partial charge in [0.05, 0.1) is 23.5 Å². The van der Waals surface area contributed by atoms with E-state index in [-0.39, 0.29) is 29.2 Å². The first-order valence-electron chi connectivity index (χ1n) is 9.29. The summed E-state index contributed by atoms with van der Waals surface area (Å²) < 4.78 is 41.2. The van der Waals surface area contributed by atoms with Gasteiger partial charge >= 0.3 is 6.18 Å². The number of aromatic nitrogens is 4. The summed E-state index contributed by atoms with van der Waals surface area (Å²) in [5.74, 6) is -0.712. The van der Waals surface area contributed by atoms with Gasteiger partial charge in [0.2, 0.25) is 5.91 Å². The molecule has 1 aromatic carbocycles. The van der Waals surface area contributed by atoms with Crippen LogP contribution in [0.15, 0.2) is 41.6 Å². The maximum atomic E-state index is 13.0. The van der Waals surface area contributed by atoms with Crippen LogP contribution in [-0.4, -0.2) is 30.8 Å². The number of carbonyl (C=O) groups excluding carboxylic acids is 1. The fourth-order valence-electron chi connectivity index (χ4n) is 2.85. The second-order valence-corrected chi connectivity index (χ2v) is 7.54. The van der Waals surface area contributed by atoms with E-state index in [1.165, 1.54) is 18.3 Å². The number of carbonyl (C=O) groups is 1. The number of nitrogens with one attached hydrogen (secondary N) is 1. The van der Waals surface area contributed by atoms with Gasteiger partial charge in [-0.25, -0.2) is 9.67 Å². The Morgan fingerprint density at radius 1 is 1.32 bits per heavy atom. The van der Waals surface area contributed by atoms with Gasteiger partial charge in [-0.2, -0.15) is 23.5 Å². The molecule has 0 aliphatic rings. The van der Waals surface area contributed by atoms with E-state index in [2.05, 4.69) is 15.4 Å². The van der Waals surface area contributed by atoms with Crippen LogP contribution in [-0.2, 0) is 17.5 Å². The monoisotopic (exact) mass is 432 g/mol. The molecule has 3 aromatic rings. The van der Waals surface area contributed by atoms with Crippen LogP contribution in [0.2, 0.25) is 0 Å². The summed E-state index contributed by atoms with van der Waals surface area (Å²) >= 11 is 0. The largest absolute Gasteiger partial charge is 0.416 e. The number of benzene rings is 1. The van der Waals surface area contributed by atoms with Crippen molar-refractivity contribution in [1.29, 1.82) is 5.26 Å². The highest BCUT2D eigenvalue weighted by Crippen LogP contribution is 2.30. The zero-order valence-corrected chi connectivity index (χ0v) is 16.9. The minimum absolute atomic E-state index is 0.0413. The fraction of sp³-hybridized carbons (Fsp3) is 0.350. The lowest BCUT2D eigenvalue weighted by Gasteiger charge is -2.27. The van der Waals surface area contributed by atoms with Gasteiger partial charge in [-0.3, -0.25) is 14.2 Å². The summed E-state index contributed by atoms with van der Waals surface area (Å²) in [5.41, 5.74) is -2.39. The van der Waals surface area contributed by atoms with Crippen LogP contribution in [0.1, 0.15) is 26.3 Å². The molecular weight excluding hydrogens is 413 g/mol. The molecule has 1 atom stereocenters. The topological polar surface area (TPSA) is 106 Å². The maximum Gasteiger partial charge on any atom is 0.416 e. The molecule has 1 unspecified atom stereocenters. The van der Waals surface area contributed by atoms with Crippen molar-refractivity contribution >= 4 is 16.9 Å². The Morgan fingerprint density at radius 3 is 2.65 bits per heavy atom. The van der Waals surface area contributed by atoms with E-state index in [1.54, 1.807) is 20.8 Å². The van der Waals surface area contributed by atoms with Crippen LogP contribution in [0.3, 0.4) is 0 Å². The number of halogens is 3. The zero-order valence-electron chi connectivity index (χ0n) is 16.9. The highest BCUT2D eigenvalue weighted by Gasteiger charge is 2.31. The Kier molecular flexibility index (Phi) is 5.59. The molecule has 3 rings (SSSR count). The molecule has 0 aliphatic carbocycles. The molecule has 11 heteroatoms. The number of nitrogens with zero attached hydrogens (tertiary/aromatic N) is 5. The number of rotatable bonds is 5. The van der Waals surface area contributed by atoms with Gasteiger partial charge in [-0.05, 0) is 31.0 Å². The van der Waals surface area contributed by atoms with Gasteiger partial charge < -0.3 is 5.32 Å². The van der Waals surface area contributed by atoms with Crippen LogP contribution in [0.25, 0.3) is 16.7 Å². The van der Waals surface area contributed by atoms with E-state index >= 15 is 0 Å². The highest BCUT2D eigenvalue weighted by atomic mass is 19.4. The number of alkyl halides is 3. The standard InChI is InChI=1S/C20H19F3N6O2/c1-12(2)19(3,10-24)27-16(30)9-28-11-25-17-15(18(28)31)8-26-29(17)14-6-4-5-13(7-14)20(21,22)23/h4-8,11-12H,9H2,1-3H3,(H,27,30). The molecule has 162 valence electrons. The fourth-order valence-corrected chi connectivity index (χ4v) is 2.85. The van der Waals surface area contributed by atoms with Crippen molar-refractivity contribution in [1.82, 2.24) is 24.6 Å². The molecule has 2 aromatic heterocycles. The minimum Gasteiger partial charge on any atom is -0.336 e. The molecule has 0 fully saturated rings. The van der Waals surface area contributed by atoms with E-state index in [4.69, 9.17) is 0 Å². The summed E-state index contributed by atoms with van der Waals surface area (Å²) in [6.07, 6.45) is -2.22. The van der Waals surface area contributed by atoms with Crippen molar-refractivity contribution in [2.24, 2.45) is 5.92 Å². The Balaban J connectivity index is 1.93. The summed E-state index contributed by atoms with van der Waals surface area (Å²) in [6.45, 7) is 4.77. The van der Waals surface area contributed by atoms with Gasteiger partial charge in [-0.1, -0.05) is 19.9 Å². The van der Waals surface area contributed by atoms with Crippen LogP contribution in [0.4, 0.5) is 13.2 Å². The van der Waals surface area contributed by atoms with Gasteiger partial charge in [0.25, 0.3) is 5.56 Å². The zero-order chi connectivity index (χ0) is 23.0. The smallest absolute Gasteiger partial charge is 0.336 e. The van der Waals surface area contributed by atoms with Gasteiger partial charge in [0.15, 0.2) is 5.65 Å². The number of nitriles is 1. The van der Waals surface area contributed by atoms with Crippen molar-refractivity contribution < 1.29 is 18.0 Å². The quantitative estimate of drug-likeness (QED) is 0.667. The Morgan fingerprint density at radius 2 is 2.03 bits per heavy atom. The Bertz CT molecular complexity index is 1240. The molecular formula is C20H19F3N6O2. The molecule has 1 amide bonds. The first-order valence-corrected chi connectivity index (χ1v) is 9.29. The first-order chi connectivity index (χ1) is 14.5. The average Bonchev–Trinajstić information content (AvgIpc) is 3.14. The van der Waals surface area contributed by atoms with E-state index in [9.17, 15) is 28.0 Å². The predicted molar refractivity (Wildman–Crippen MR) is 105 cm³/mol. The average molecular weight is 432 g/mol. The van der Waals surface area contributed by atoms with E-state index in [0.717, 1.165) is 27.7 Å². The normalized spacial score (nSPS) is 13.7. The SMILES string of the molecule is CC(C)C(C)(C#N)NC(=O)Cn1cnc2c(cnn2-c2cccc(C(F)(F)F)c2)c1=O.